The number of amides is 1. The van der Waals surface area contributed by atoms with Crippen molar-refractivity contribution < 1.29 is 14.6 Å². The van der Waals surface area contributed by atoms with Crippen LogP contribution in [0.3, 0.4) is 0 Å². The first kappa shape index (κ1) is 12.3. The fraction of sp³-hybridized carbons (Fsp3) is 0.900. The maximum absolute atomic E-state index is 10.5. The zero-order chi connectivity index (χ0) is 11.1. The van der Waals surface area contributed by atoms with Crippen molar-refractivity contribution in [3.05, 3.63) is 0 Å². The van der Waals surface area contributed by atoms with Crippen LogP contribution in [-0.4, -0.2) is 37.0 Å². The zero-order valence-electron chi connectivity index (χ0n) is 8.95. The minimum Gasteiger partial charge on any atom is -0.465 e. The Balaban J connectivity index is 2.31. The molecule has 1 fully saturated rings. The summed E-state index contributed by atoms with van der Waals surface area (Å²) in [4.78, 5) is 10.5. The van der Waals surface area contributed by atoms with Gasteiger partial charge in [-0.2, -0.15) is 0 Å². The van der Waals surface area contributed by atoms with Crippen LogP contribution in [0, 0.1) is 5.92 Å². The number of carbonyl (C=O) groups is 1. The van der Waals surface area contributed by atoms with E-state index < -0.39 is 6.09 Å². The molecule has 1 unspecified atom stereocenters. The van der Waals surface area contributed by atoms with Crippen molar-refractivity contribution in [2.45, 2.75) is 31.7 Å². The number of nitrogens with one attached hydrogen (secondary N) is 1. The molecule has 1 aliphatic rings. The summed E-state index contributed by atoms with van der Waals surface area (Å²) in [6.45, 7) is 1.91. The maximum Gasteiger partial charge on any atom is 0.404 e. The summed E-state index contributed by atoms with van der Waals surface area (Å²) < 4.78 is 5.44. The van der Waals surface area contributed by atoms with Gasteiger partial charge in [0.25, 0.3) is 0 Å². The second-order valence-electron chi connectivity index (χ2n) is 4.05. The van der Waals surface area contributed by atoms with Gasteiger partial charge in [0, 0.05) is 25.8 Å². The van der Waals surface area contributed by atoms with Crippen LogP contribution in [0.15, 0.2) is 0 Å². The van der Waals surface area contributed by atoms with Gasteiger partial charge in [0.15, 0.2) is 0 Å². The predicted octanol–water partition coefficient (Wildman–Crippen LogP) is 0.788. The van der Waals surface area contributed by atoms with E-state index in [0.717, 1.165) is 38.9 Å². The number of ether oxygens (including phenoxy) is 1. The molecule has 1 rings (SSSR count). The van der Waals surface area contributed by atoms with Gasteiger partial charge in [-0.15, -0.1) is 0 Å². The van der Waals surface area contributed by atoms with Crippen LogP contribution in [0.5, 0.6) is 0 Å². The van der Waals surface area contributed by atoms with Crippen molar-refractivity contribution in [2.24, 2.45) is 11.7 Å². The molecule has 0 spiro atoms. The lowest BCUT2D eigenvalue weighted by molar-refractivity contribution is 0.108. The number of nitrogens with two attached hydrogens (primary N) is 1. The summed E-state index contributed by atoms with van der Waals surface area (Å²) in [7, 11) is 0. The van der Waals surface area contributed by atoms with E-state index in [2.05, 4.69) is 5.32 Å². The van der Waals surface area contributed by atoms with E-state index in [1.807, 2.05) is 0 Å². The monoisotopic (exact) mass is 216 g/mol. The predicted molar refractivity (Wildman–Crippen MR) is 56.8 cm³/mol. The van der Waals surface area contributed by atoms with Gasteiger partial charge in [-0.3, -0.25) is 0 Å². The largest absolute Gasteiger partial charge is 0.465 e. The summed E-state index contributed by atoms with van der Waals surface area (Å²) >= 11 is 0. The smallest absolute Gasteiger partial charge is 0.404 e. The van der Waals surface area contributed by atoms with E-state index in [9.17, 15) is 4.79 Å². The minimum atomic E-state index is -1.00. The Kier molecular flexibility index (Phi) is 5.42. The SMILES string of the molecule is NC[C@H](CC1CCCCOC1)NC(=O)O. The Morgan fingerprint density at radius 1 is 1.60 bits per heavy atom. The molecule has 5 heteroatoms. The van der Waals surface area contributed by atoms with Crippen molar-refractivity contribution in [3.63, 3.8) is 0 Å². The third-order valence-corrected chi connectivity index (χ3v) is 2.73. The molecule has 0 aromatic carbocycles. The van der Waals surface area contributed by atoms with Gasteiger partial charge in [0.2, 0.25) is 0 Å². The second kappa shape index (κ2) is 6.63. The third-order valence-electron chi connectivity index (χ3n) is 2.73. The lowest BCUT2D eigenvalue weighted by Crippen LogP contribution is -2.41. The second-order valence-corrected chi connectivity index (χ2v) is 4.05. The highest BCUT2D eigenvalue weighted by atomic mass is 16.5. The average molecular weight is 216 g/mol. The van der Waals surface area contributed by atoms with E-state index in [-0.39, 0.29) is 6.04 Å². The molecule has 1 amide bonds. The molecule has 0 bridgehead atoms. The number of carboxylic acid groups (broad SMARTS) is 1. The Morgan fingerprint density at radius 3 is 3.07 bits per heavy atom. The van der Waals surface area contributed by atoms with Crippen molar-refractivity contribution >= 4 is 6.09 Å². The van der Waals surface area contributed by atoms with Crippen LogP contribution in [0.4, 0.5) is 4.79 Å². The van der Waals surface area contributed by atoms with Gasteiger partial charge >= 0.3 is 6.09 Å². The third kappa shape index (κ3) is 4.99. The summed E-state index contributed by atoms with van der Waals surface area (Å²) in [5, 5.41) is 11.0. The molecular weight excluding hydrogens is 196 g/mol. The molecular formula is C10H20N2O3. The highest BCUT2D eigenvalue weighted by Crippen LogP contribution is 2.18. The van der Waals surface area contributed by atoms with Crippen LogP contribution in [-0.2, 0) is 4.74 Å². The summed E-state index contributed by atoms with van der Waals surface area (Å²) in [5.74, 6) is 0.438. The van der Waals surface area contributed by atoms with Gasteiger partial charge in [-0.05, 0) is 25.2 Å². The molecule has 1 saturated heterocycles. The van der Waals surface area contributed by atoms with Crippen LogP contribution in [0.25, 0.3) is 0 Å². The Bertz CT molecular complexity index is 191. The highest BCUT2D eigenvalue weighted by molar-refractivity contribution is 5.64. The molecule has 2 atom stereocenters. The molecule has 0 aliphatic carbocycles. The highest BCUT2D eigenvalue weighted by Gasteiger charge is 2.18. The molecule has 15 heavy (non-hydrogen) atoms. The first-order valence-electron chi connectivity index (χ1n) is 5.49. The van der Waals surface area contributed by atoms with E-state index in [1.165, 1.54) is 0 Å². The molecule has 88 valence electrons. The Labute approximate surface area is 90.0 Å². The Hall–Kier alpha value is -0.810. The maximum atomic E-state index is 10.5. The topological polar surface area (TPSA) is 84.6 Å². The molecule has 4 N–H and O–H groups in total. The summed E-state index contributed by atoms with van der Waals surface area (Å²) in [5.41, 5.74) is 5.51. The fourth-order valence-corrected chi connectivity index (χ4v) is 1.95. The average Bonchev–Trinajstić information content (AvgIpc) is 2.44. The van der Waals surface area contributed by atoms with Gasteiger partial charge in [-0.25, -0.2) is 4.79 Å². The van der Waals surface area contributed by atoms with Crippen molar-refractivity contribution in [3.8, 4) is 0 Å². The van der Waals surface area contributed by atoms with E-state index >= 15 is 0 Å². The minimum absolute atomic E-state index is 0.144. The quantitative estimate of drug-likeness (QED) is 0.648. The summed E-state index contributed by atoms with van der Waals surface area (Å²) in [6, 6.07) is -0.144. The van der Waals surface area contributed by atoms with Gasteiger partial charge < -0.3 is 20.9 Å². The first-order chi connectivity index (χ1) is 7.22. The fourth-order valence-electron chi connectivity index (χ4n) is 1.95. The van der Waals surface area contributed by atoms with Crippen LogP contribution in [0.2, 0.25) is 0 Å². The molecule has 5 nitrogen and oxygen atoms in total. The Morgan fingerprint density at radius 2 is 2.40 bits per heavy atom. The first-order valence-corrected chi connectivity index (χ1v) is 5.49. The zero-order valence-corrected chi connectivity index (χ0v) is 8.95. The number of rotatable bonds is 4. The lowest BCUT2D eigenvalue weighted by Gasteiger charge is -2.20. The molecule has 0 aromatic heterocycles. The van der Waals surface area contributed by atoms with Gasteiger partial charge in [0.05, 0.1) is 0 Å². The van der Waals surface area contributed by atoms with E-state index in [1.54, 1.807) is 0 Å². The number of hydrogen-bond acceptors (Lipinski definition) is 3. The molecule has 1 aliphatic heterocycles. The van der Waals surface area contributed by atoms with Crippen molar-refractivity contribution in [1.29, 1.82) is 0 Å². The van der Waals surface area contributed by atoms with Gasteiger partial charge in [0.1, 0.15) is 0 Å². The molecule has 0 radical (unpaired) electrons. The molecule has 0 aromatic rings. The number of hydrogen-bond donors (Lipinski definition) is 3. The van der Waals surface area contributed by atoms with E-state index in [0.29, 0.717) is 12.5 Å². The lowest BCUT2D eigenvalue weighted by atomic mass is 9.96. The molecule has 1 heterocycles. The summed E-state index contributed by atoms with van der Waals surface area (Å²) in [6.07, 6.45) is 3.16. The van der Waals surface area contributed by atoms with E-state index in [4.69, 9.17) is 15.6 Å². The van der Waals surface area contributed by atoms with Crippen molar-refractivity contribution in [2.75, 3.05) is 19.8 Å². The standard InChI is InChI=1S/C10H20N2O3/c11-6-9(12-10(13)14)5-8-3-1-2-4-15-7-8/h8-9,12H,1-7,11H2,(H,13,14)/t8?,9-/m0/s1. The van der Waals surface area contributed by atoms with Gasteiger partial charge in [-0.1, -0.05) is 6.42 Å². The van der Waals surface area contributed by atoms with Crippen LogP contribution >= 0.6 is 0 Å². The molecule has 0 saturated carbocycles. The van der Waals surface area contributed by atoms with Crippen LogP contribution in [0.1, 0.15) is 25.7 Å². The van der Waals surface area contributed by atoms with Crippen LogP contribution < -0.4 is 11.1 Å². The van der Waals surface area contributed by atoms with Crippen molar-refractivity contribution in [1.82, 2.24) is 5.32 Å². The normalized spacial score (nSPS) is 24.2.